The highest BCUT2D eigenvalue weighted by atomic mass is 35.5. The van der Waals surface area contributed by atoms with Crippen LogP contribution in [0.25, 0.3) is 5.69 Å². The molecule has 7 nitrogen and oxygen atoms in total. The molecular formula is C21H19ClN2O5. The Morgan fingerprint density at radius 3 is 2.66 bits per heavy atom. The van der Waals surface area contributed by atoms with Crippen molar-refractivity contribution in [1.82, 2.24) is 9.55 Å². The fourth-order valence-corrected chi connectivity index (χ4v) is 3.04. The van der Waals surface area contributed by atoms with Crippen molar-refractivity contribution in [3.8, 4) is 17.3 Å². The van der Waals surface area contributed by atoms with Gasteiger partial charge in [0.1, 0.15) is 18.2 Å². The highest BCUT2D eigenvalue weighted by molar-refractivity contribution is 6.31. The molecule has 0 radical (unpaired) electrons. The highest BCUT2D eigenvalue weighted by Gasteiger charge is 2.18. The molecule has 1 aromatic heterocycles. The van der Waals surface area contributed by atoms with Crippen LogP contribution in [0.5, 0.6) is 11.6 Å². The number of carboxylic acids is 1. The maximum atomic E-state index is 12.9. The first-order valence-electron chi connectivity index (χ1n) is 8.71. The van der Waals surface area contributed by atoms with Crippen LogP contribution >= 0.6 is 11.6 Å². The maximum Gasteiger partial charge on any atom is 0.335 e. The van der Waals surface area contributed by atoms with E-state index in [1.807, 2.05) is 24.3 Å². The zero-order chi connectivity index (χ0) is 21.1. The van der Waals surface area contributed by atoms with E-state index in [2.05, 4.69) is 4.98 Å². The number of carbonyl (C=O) groups is 1. The van der Waals surface area contributed by atoms with Crippen LogP contribution in [0.1, 0.15) is 27.3 Å². The summed E-state index contributed by atoms with van der Waals surface area (Å²) in [4.78, 5) is 28.5. The normalized spacial score (nSPS) is 10.6. The number of hydrogen-bond donors (Lipinski definition) is 1. The van der Waals surface area contributed by atoms with Crippen LogP contribution < -0.4 is 15.0 Å². The van der Waals surface area contributed by atoms with Crippen LogP contribution in [0.3, 0.4) is 0 Å². The number of ether oxygens (including phenoxy) is 2. The van der Waals surface area contributed by atoms with Gasteiger partial charge in [0.25, 0.3) is 5.56 Å². The van der Waals surface area contributed by atoms with Crippen molar-refractivity contribution >= 4 is 17.6 Å². The molecule has 0 amide bonds. The second-order valence-electron chi connectivity index (χ2n) is 6.37. The molecule has 1 heterocycles. The van der Waals surface area contributed by atoms with Crippen molar-refractivity contribution in [3.05, 3.63) is 80.4 Å². The zero-order valence-corrected chi connectivity index (χ0v) is 16.9. The average Bonchev–Trinajstić information content (AvgIpc) is 2.71. The Morgan fingerprint density at radius 1 is 1.21 bits per heavy atom. The molecule has 3 rings (SSSR count). The summed E-state index contributed by atoms with van der Waals surface area (Å²) in [5.41, 5.74) is 1.47. The predicted molar refractivity (Wildman–Crippen MR) is 109 cm³/mol. The standard InChI is InChI=1S/C21H19ClN2O5/c1-12-7-8-15(21(26)27)10-17(12)24-13(2)23-19(18(22)20(24)25)29-11-14-5-4-6-16(9-14)28-3/h4-10H,11H2,1-3H3,(H,26,27). The smallest absolute Gasteiger partial charge is 0.335 e. The molecule has 0 aliphatic carbocycles. The molecule has 1 N–H and O–H groups in total. The molecule has 0 atom stereocenters. The summed E-state index contributed by atoms with van der Waals surface area (Å²) in [5, 5.41) is 9.06. The Labute approximate surface area is 172 Å². The minimum Gasteiger partial charge on any atom is -0.497 e. The first-order chi connectivity index (χ1) is 13.8. The lowest BCUT2D eigenvalue weighted by Gasteiger charge is -2.15. The molecule has 0 fully saturated rings. The molecule has 0 saturated heterocycles. The molecular weight excluding hydrogens is 396 g/mol. The highest BCUT2D eigenvalue weighted by Crippen LogP contribution is 2.23. The first-order valence-corrected chi connectivity index (χ1v) is 9.08. The van der Waals surface area contributed by atoms with E-state index in [0.29, 0.717) is 22.8 Å². The van der Waals surface area contributed by atoms with Gasteiger partial charge in [0.15, 0.2) is 5.02 Å². The Kier molecular flexibility index (Phi) is 5.89. The van der Waals surface area contributed by atoms with Crippen LogP contribution in [-0.2, 0) is 6.61 Å². The van der Waals surface area contributed by atoms with Crippen LogP contribution in [0, 0.1) is 13.8 Å². The van der Waals surface area contributed by atoms with E-state index in [9.17, 15) is 14.7 Å². The number of aryl methyl sites for hydroxylation is 2. The molecule has 2 aromatic carbocycles. The number of halogens is 1. The van der Waals surface area contributed by atoms with E-state index in [0.717, 1.165) is 5.56 Å². The minimum absolute atomic E-state index is 0.0141. The summed E-state index contributed by atoms with van der Waals surface area (Å²) in [7, 11) is 1.57. The fraction of sp³-hybridized carbons (Fsp3) is 0.190. The van der Waals surface area contributed by atoms with E-state index in [4.69, 9.17) is 21.1 Å². The number of carboxylic acid groups (broad SMARTS) is 1. The summed E-state index contributed by atoms with van der Waals surface area (Å²) in [5.74, 6) is -0.0641. The summed E-state index contributed by atoms with van der Waals surface area (Å²) in [6.45, 7) is 3.55. The molecule has 0 spiro atoms. The Bertz CT molecular complexity index is 1140. The quantitative estimate of drug-likeness (QED) is 0.660. The Balaban J connectivity index is 1.98. The zero-order valence-electron chi connectivity index (χ0n) is 16.1. The van der Waals surface area contributed by atoms with E-state index >= 15 is 0 Å². The molecule has 0 bridgehead atoms. The second-order valence-corrected chi connectivity index (χ2v) is 6.74. The third kappa shape index (κ3) is 4.25. The van der Waals surface area contributed by atoms with Gasteiger partial charge in [-0.25, -0.2) is 4.79 Å². The summed E-state index contributed by atoms with van der Waals surface area (Å²) < 4.78 is 12.1. The summed E-state index contributed by atoms with van der Waals surface area (Å²) in [6.07, 6.45) is 0. The van der Waals surface area contributed by atoms with Crippen LogP contribution in [0.2, 0.25) is 5.02 Å². The number of aromatic nitrogens is 2. The van der Waals surface area contributed by atoms with Gasteiger partial charge in [-0.1, -0.05) is 29.8 Å². The van der Waals surface area contributed by atoms with Gasteiger partial charge in [-0.05, 0) is 49.2 Å². The monoisotopic (exact) mass is 414 g/mol. The SMILES string of the molecule is COc1cccc(COc2nc(C)n(-c3cc(C(=O)O)ccc3C)c(=O)c2Cl)c1. The molecule has 150 valence electrons. The van der Waals surface area contributed by atoms with Gasteiger partial charge in [-0.15, -0.1) is 0 Å². The van der Waals surface area contributed by atoms with Gasteiger partial charge in [0.2, 0.25) is 5.88 Å². The first kappa shape index (κ1) is 20.4. The Hall–Kier alpha value is -3.32. The van der Waals surface area contributed by atoms with Gasteiger partial charge in [-0.3, -0.25) is 9.36 Å². The van der Waals surface area contributed by atoms with Gasteiger partial charge in [0, 0.05) is 0 Å². The number of methoxy groups -OCH3 is 1. The van der Waals surface area contributed by atoms with Gasteiger partial charge >= 0.3 is 5.97 Å². The number of nitrogens with zero attached hydrogens (tertiary/aromatic N) is 2. The molecule has 0 aliphatic heterocycles. The van der Waals surface area contributed by atoms with Crippen molar-refractivity contribution in [2.45, 2.75) is 20.5 Å². The van der Waals surface area contributed by atoms with Crippen molar-refractivity contribution in [2.75, 3.05) is 7.11 Å². The van der Waals surface area contributed by atoms with Crippen molar-refractivity contribution in [3.63, 3.8) is 0 Å². The largest absolute Gasteiger partial charge is 0.497 e. The van der Waals surface area contributed by atoms with Gasteiger partial charge in [-0.2, -0.15) is 4.98 Å². The molecule has 29 heavy (non-hydrogen) atoms. The minimum atomic E-state index is -1.09. The van der Waals surface area contributed by atoms with Gasteiger partial charge in [0.05, 0.1) is 18.4 Å². The predicted octanol–water partition coefficient (Wildman–Crippen LogP) is 3.79. The molecule has 8 heteroatoms. The lowest BCUT2D eigenvalue weighted by molar-refractivity contribution is 0.0697. The third-order valence-corrected chi connectivity index (χ3v) is 4.70. The number of rotatable bonds is 6. The summed E-state index contributed by atoms with van der Waals surface area (Å²) >= 11 is 6.24. The number of benzene rings is 2. The van der Waals surface area contributed by atoms with Crippen LogP contribution in [0.15, 0.2) is 47.3 Å². The lowest BCUT2D eigenvalue weighted by Crippen LogP contribution is -2.24. The second kappa shape index (κ2) is 8.36. The van der Waals surface area contributed by atoms with Gasteiger partial charge < -0.3 is 14.6 Å². The van der Waals surface area contributed by atoms with E-state index < -0.39 is 11.5 Å². The molecule has 0 unspecified atom stereocenters. The van der Waals surface area contributed by atoms with Crippen molar-refractivity contribution < 1.29 is 19.4 Å². The van der Waals surface area contributed by atoms with Crippen LogP contribution in [-0.4, -0.2) is 27.7 Å². The van der Waals surface area contributed by atoms with E-state index in [1.165, 1.54) is 16.7 Å². The maximum absolute atomic E-state index is 12.9. The van der Waals surface area contributed by atoms with Crippen LogP contribution in [0.4, 0.5) is 0 Å². The fourth-order valence-electron chi connectivity index (χ4n) is 2.86. The lowest BCUT2D eigenvalue weighted by atomic mass is 10.1. The van der Waals surface area contributed by atoms with E-state index in [1.54, 1.807) is 27.0 Å². The number of aromatic carboxylic acids is 1. The van der Waals surface area contributed by atoms with Crippen molar-refractivity contribution in [1.29, 1.82) is 0 Å². The van der Waals surface area contributed by atoms with Crippen molar-refractivity contribution in [2.24, 2.45) is 0 Å². The molecule has 3 aromatic rings. The average molecular weight is 415 g/mol. The third-order valence-electron chi connectivity index (χ3n) is 4.37. The molecule has 0 saturated carbocycles. The molecule has 0 aliphatic rings. The summed E-state index contributed by atoms with van der Waals surface area (Å²) in [6, 6.07) is 11.8. The topological polar surface area (TPSA) is 90.7 Å². The van der Waals surface area contributed by atoms with E-state index in [-0.39, 0.29) is 23.1 Å². The number of hydrogen-bond acceptors (Lipinski definition) is 5. The Morgan fingerprint density at radius 2 is 1.97 bits per heavy atom.